The minimum Gasteiger partial charge on any atom is -0.336 e. The average Bonchev–Trinajstić information content (AvgIpc) is 2.95. The molecule has 2 rings (SSSR count). The molecule has 1 aliphatic heterocycles. The highest BCUT2D eigenvalue weighted by Gasteiger charge is 2.26. The van der Waals surface area contributed by atoms with Crippen molar-refractivity contribution in [3.63, 3.8) is 0 Å². The highest BCUT2D eigenvalue weighted by Crippen LogP contribution is 2.16. The summed E-state index contributed by atoms with van der Waals surface area (Å²) in [6, 6.07) is 2.21. The molecule has 1 fully saturated rings. The largest absolute Gasteiger partial charge is 0.336 e. The molecule has 2 heterocycles. The highest BCUT2D eigenvalue weighted by molar-refractivity contribution is 5.92. The Bertz CT molecular complexity index is 432. The molecule has 0 aliphatic carbocycles. The summed E-state index contributed by atoms with van der Waals surface area (Å²) >= 11 is 0. The number of carbonyl (C=O) groups excluding carboxylic acids is 1. The van der Waals surface area contributed by atoms with E-state index in [-0.39, 0.29) is 5.91 Å². The summed E-state index contributed by atoms with van der Waals surface area (Å²) in [5.41, 5.74) is 1.65. The number of amides is 1. The van der Waals surface area contributed by atoms with E-state index >= 15 is 0 Å². The van der Waals surface area contributed by atoms with Crippen LogP contribution in [-0.2, 0) is 7.05 Å². The molecule has 0 bridgehead atoms. The van der Waals surface area contributed by atoms with Crippen LogP contribution in [-0.4, -0.2) is 46.8 Å². The standard InChI is InChI=1S/C13H22N4O/c1-9(2)11-7-12(17(4)15-11)13(18)16(3)10-5-6-14-8-10/h7,9-10,14H,5-6,8H2,1-4H3/t10-/m0/s1. The Hall–Kier alpha value is -1.36. The second-order valence-electron chi connectivity index (χ2n) is 5.30. The van der Waals surface area contributed by atoms with Crippen molar-refractivity contribution in [1.82, 2.24) is 20.0 Å². The van der Waals surface area contributed by atoms with E-state index < -0.39 is 0 Å². The van der Waals surface area contributed by atoms with Crippen molar-refractivity contribution in [2.75, 3.05) is 20.1 Å². The van der Waals surface area contributed by atoms with E-state index in [1.807, 2.05) is 25.1 Å². The Labute approximate surface area is 108 Å². The third kappa shape index (κ3) is 2.41. The fraction of sp³-hybridized carbons (Fsp3) is 0.692. The lowest BCUT2D eigenvalue weighted by molar-refractivity contribution is 0.0732. The van der Waals surface area contributed by atoms with Crippen molar-refractivity contribution >= 4 is 5.91 Å². The van der Waals surface area contributed by atoms with Crippen molar-refractivity contribution < 1.29 is 4.79 Å². The maximum Gasteiger partial charge on any atom is 0.272 e. The third-order valence-corrected chi connectivity index (χ3v) is 3.61. The molecule has 0 spiro atoms. The number of hydrogen-bond donors (Lipinski definition) is 1. The number of carbonyl (C=O) groups is 1. The summed E-state index contributed by atoms with van der Waals surface area (Å²) in [5, 5.41) is 7.68. The monoisotopic (exact) mass is 250 g/mol. The first-order valence-corrected chi connectivity index (χ1v) is 6.52. The van der Waals surface area contributed by atoms with E-state index in [0.29, 0.717) is 17.7 Å². The molecule has 18 heavy (non-hydrogen) atoms. The van der Waals surface area contributed by atoms with Gasteiger partial charge in [-0.3, -0.25) is 9.48 Å². The van der Waals surface area contributed by atoms with E-state index in [4.69, 9.17) is 0 Å². The lowest BCUT2D eigenvalue weighted by atomic mass is 10.1. The summed E-state index contributed by atoms with van der Waals surface area (Å²) in [5.74, 6) is 0.404. The molecule has 5 heteroatoms. The topological polar surface area (TPSA) is 50.2 Å². The minimum absolute atomic E-state index is 0.0607. The quantitative estimate of drug-likeness (QED) is 0.870. The Morgan fingerprint density at radius 2 is 2.33 bits per heavy atom. The number of nitrogens with zero attached hydrogens (tertiary/aromatic N) is 3. The normalized spacial score (nSPS) is 19.5. The summed E-state index contributed by atoms with van der Waals surface area (Å²) in [6.07, 6.45) is 1.02. The molecule has 1 saturated heterocycles. The van der Waals surface area contributed by atoms with Gasteiger partial charge in [0.15, 0.2) is 0 Å². The van der Waals surface area contributed by atoms with Crippen LogP contribution in [0.4, 0.5) is 0 Å². The molecule has 1 aromatic heterocycles. The van der Waals surface area contributed by atoms with Crippen LogP contribution in [0.25, 0.3) is 0 Å². The van der Waals surface area contributed by atoms with Gasteiger partial charge in [-0.05, 0) is 24.9 Å². The van der Waals surface area contributed by atoms with Crippen molar-refractivity contribution in [2.24, 2.45) is 7.05 Å². The zero-order chi connectivity index (χ0) is 13.3. The van der Waals surface area contributed by atoms with Crippen LogP contribution in [0.5, 0.6) is 0 Å². The fourth-order valence-electron chi connectivity index (χ4n) is 2.29. The van der Waals surface area contributed by atoms with Crippen molar-refractivity contribution in [3.8, 4) is 0 Å². The van der Waals surface area contributed by atoms with Gasteiger partial charge < -0.3 is 10.2 Å². The molecular weight excluding hydrogens is 228 g/mol. The van der Waals surface area contributed by atoms with Crippen LogP contribution in [0.1, 0.15) is 42.4 Å². The molecule has 0 radical (unpaired) electrons. The van der Waals surface area contributed by atoms with E-state index in [0.717, 1.165) is 25.2 Å². The molecule has 1 atom stereocenters. The van der Waals surface area contributed by atoms with Crippen LogP contribution in [0, 0.1) is 0 Å². The summed E-state index contributed by atoms with van der Waals surface area (Å²) in [6.45, 7) is 6.05. The van der Waals surface area contributed by atoms with Crippen LogP contribution < -0.4 is 5.32 Å². The molecule has 0 unspecified atom stereocenters. The van der Waals surface area contributed by atoms with Crippen molar-refractivity contribution in [3.05, 3.63) is 17.5 Å². The van der Waals surface area contributed by atoms with Crippen molar-refractivity contribution in [1.29, 1.82) is 0 Å². The van der Waals surface area contributed by atoms with Gasteiger partial charge in [-0.15, -0.1) is 0 Å². The lowest BCUT2D eigenvalue weighted by Crippen LogP contribution is -2.39. The number of aryl methyl sites for hydroxylation is 1. The zero-order valence-electron chi connectivity index (χ0n) is 11.6. The SMILES string of the molecule is CC(C)c1cc(C(=O)N(C)[C@H]2CCNC2)n(C)n1. The van der Waals surface area contributed by atoms with Gasteiger partial charge in [0.25, 0.3) is 5.91 Å². The molecule has 1 aliphatic rings. The maximum absolute atomic E-state index is 12.4. The second-order valence-corrected chi connectivity index (χ2v) is 5.30. The predicted molar refractivity (Wildman–Crippen MR) is 70.7 cm³/mol. The van der Waals surface area contributed by atoms with Crippen molar-refractivity contribution in [2.45, 2.75) is 32.2 Å². The van der Waals surface area contributed by atoms with E-state index in [9.17, 15) is 4.79 Å². The number of aromatic nitrogens is 2. The molecular formula is C13H22N4O. The Balaban J connectivity index is 2.17. The molecule has 1 aromatic rings. The van der Waals surface area contributed by atoms with Gasteiger partial charge in [0, 0.05) is 26.7 Å². The second kappa shape index (κ2) is 5.10. The Morgan fingerprint density at radius 3 is 2.83 bits per heavy atom. The van der Waals surface area contributed by atoms with Crippen LogP contribution in [0.15, 0.2) is 6.07 Å². The van der Waals surface area contributed by atoms with Gasteiger partial charge >= 0.3 is 0 Å². The molecule has 1 N–H and O–H groups in total. The van der Waals surface area contributed by atoms with Gasteiger partial charge in [-0.1, -0.05) is 13.8 Å². The predicted octanol–water partition coefficient (Wildman–Crippen LogP) is 0.977. The van der Waals surface area contributed by atoms with Crippen LogP contribution in [0.2, 0.25) is 0 Å². The van der Waals surface area contributed by atoms with E-state index in [2.05, 4.69) is 24.3 Å². The summed E-state index contributed by atoms with van der Waals surface area (Å²) in [4.78, 5) is 14.3. The van der Waals surface area contributed by atoms with Gasteiger partial charge in [0.05, 0.1) is 5.69 Å². The fourth-order valence-corrected chi connectivity index (χ4v) is 2.29. The third-order valence-electron chi connectivity index (χ3n) is 3.61. The number of hydrogen-bond acceptors (Lipinski definition) is 3. The number of rotatable bonds is 3. The summed E-state index contributed by atoms with van der Waals surface area (Å²) < 4.78 is 1.69. The molecule has 0 saturated carbocycles. The van der Waals surface area contributed by atoms with Gasteiger partial charge in [0.1, 0.15) is 5.69 Å². The first-order chi connectivity index (χ1) is 8.50. The lowest BCUT2D eigenvalue weighted by Gasteiger charge is -2.23. The Kier molecular flexibility index (Phi) is 3.71. The molecule has 1 amide bonds. The Morgan fingerprint density at radius 1 is 1.61 bits per heavy atom. The van der Waals surface area contributed by atoms with E-state index in [1.165, 1.54) is 0 Å². The van der Waals surface area contributed by atoms with E-state index in [1.54, 1.807) is 4.68 Å². The minimum atomic E-state index is 0.0607. The molecule has 0 aromatic carbocycles. The molecule has 5 nitrogen and oxygen atoms in total. The number of nitrogens with one attached hydrogen (secondary N) is 1. The van der Waals surface area contributed by atoms with Crippen LogP contribution in [0.3, 0.4) is 0 Å². The number of likely N-dealkylation sites (N-methyl/N-ethyl adjacent to an activating group) is 1. The summed E-state index contributed by atoms with van der Waals surface area (Å²) in [7, 11) is 3.71. The first kappa shape index (κ1) is 13.1. The average molecular weight is 250 g/mol. The smallest absolute Gasteiger partial charge is 0.272 e. The zero-order valence-corrected chi connectivity index (χ0v) is 11.6. The molecule has 100 valence electrons. The van der Waals surface area contributed by atoms with Gasteiger partial charge in [-0.2, -0.15) is 5.10 Å². The van der Waals surface area contributed by atoms with Gasteiger partial charge in [0.2, 0.25) is 0 Å². The van der Waals surface area contributed by atoms with Crippen LogP contribution >= 0.6 is 0 Å². The first-order valence-electron chi connectivity index (χ1n) is 6.52. The maximum atomic E-state index is 12.4. The van der Waals surface area contributed by atoms with Gasteiger partial charge in [-0.25, -0.2) is 0 Å². The highest BCUT2D eigenvalue weighted by atomic mass is 16.2.